The summed E-state index contributed by atoms with van der Waals surface area (Å²) in [7, 11) is 6.77. The molecule has 0 spiro atoms. The molecule has 0 saturated heterocycles. The summed E-state index contributed by atoms with van der Waals surface area (Å²) in [5, 5.41) is 11.5. The number of carbonyl (C=O) groups is 3. The second kappa shape index (κ2) is 9.95. The first-order valence-electron chi connectivity index (χ1n) is 9.25. The molecule has 0 heterocycles. The lowest BCUT2D eigenvalue weighted by atomic mass is 10.0. The summed E-state index contributed by atoms with van der Waals surface area (Å²) in [6.45, 7) is 0.0393. The first kappa shape index (κ1) is 22.3. The van der Waals surface area contributed by atoms with E-state index in [1.165, 1.54) is 19.7 Å². The van der Waals surface area contributed by atoms with E-state index in [9.17, 15) is 14.4 Å². The summed E-state index contributed by atoms with van der Waals surface area (Å²) in [5.41, 5.74) is 3.54. The third-order valence-electron chi connectivity index (χ3n) is 4.58. The molecule has 1 unspecified atom stereocenters. The predicted octanol–water partition coefficient (Wildman–Crippen LogP) is 1.16. The lowest BCUT2D eigenvalue weighted by molar-refractivity contribution is -0.135. The molecule has 154 valence electrons. The van der Waals surface area contributed by atoms with Gasteiger partial charge in [-0.25, -0.2) is 0 Å². The van der Waals surface area contributed by atoms with Crippen LogP contribution in [-0.2, 0) is 16.1 Å². The van der Waals surface area contributed by atoms with Crippen molar-refractivity contribution in [2.24, 2.45) is 0 Å². The summed E-state index contributed by atoms with van der Waals surface area (Å²) in [4.78, 5) is 39.8. The summed E-state index contributed by atoms with van der Waals surface area (Å²) >= 11 is 0. The molecular formula is C22H27N3O4. The zero-order valence-corrected chi connectivity index (χ0v) is 17.2. The maximum atomic E-state index is 12.7. The van der Waals surface area contributed by atoms with Crippen LogP contribution >= 0.6 is 0 Å². The first-order chi connectivity index (χ1) is 13.8. The summed E-state index contributed by atoms with van der Waals surface area (Å²) in [5.74, 6) is -1.86. The topological polar surface area (TPSA) is 90.0 Å². The highest BCUT2D eigenvalue weighted by molar-refractivity contribution is 6.10. The second-order valence-electron chi connectivity index (χ2n) is 7.07. The lowest BCUT2D eigenvalue weighted by Gasteiger charge is -2.25. The molecule has 2 rings (SSSR count). The molecule has 0 aliphatic rings. The average Bonchev–Trinajstić information content (AvgIpc) is 2.73. The molecular weight excluding hydrogens is 370 g/mol. The van der Waals surface area contributed by atoms with Gasteiger partial charge in [-0.1, -0.05) is 36.4 Å². The smallest absolute Gasteiger partial charge is 0.254 e. The Bertz CT molecular complexity index is 845. The van der Waals surface area contributed by atoms with Gasteiger partial charge in [0.05, 0.1) is 0 Å². The van der Waals surface area contributed by atoms with Crippen LogP contribution in [0.1, 0.15) is 15.9 Å². The van der Waals surface area contributed by atoms with Crippen molar-refractivity contribution in [1.29, 1.82) is 0 Å². The van der Waals surface area contributed by atoms with Crippen molar-refractivity contribution in [1.82, 2.24) is 15.1 Å². The number of aliphatic hydroxyl groups excluding tert-OH is 1. The summed E-state index contributed by atoms with van der Waals surface area (Å²) in [6.07, 6.45) is 0. The molecule has 0 aromatic heterocycles. The van der Waals surface area contributed by atoms with Gasteiger partial charge in [-0.15, -0.1) is 0 Å². The largest absolute Gasteiger partial charge is 0.388 e. The molecule has 7 nitrogen and oxygen atoms in total. The van der Waals surface area contributed by atoms with Crippen molar-refractivity contribution in [2.75, 3.05) is 34.8 Å². The normalized spacial score (nSPS) is 11.8. The Labute approximate surface area is 170 Å². The van der Waals surface area contributed by atoms with Gasteiger partial charge in [-0.2, -0.15) is 0 Å². The van der Waals surface area contributed by atoms with Crippen LogP contribution < -0.4 is 5.32 Å². The van der Waals surface area contributed by atoms with Crippen LogP contribution in [0, 0.1) is 0 Å². The Hall–Kier alpha value is -3.03. The number of Topliss-reactive ketones (excluding diaryl/α,β-unsaturated/α-hetero) is 1. The number of carbonyl (C=O) groups excluding carboxylic acids is 3. The fraction of sp³-hybridized carbons (Fsp3) is 0.318. The monoisotopic (exact) mass is 397 g/mol. The quantitative estimate of drug-likeness (QED) is 0.653. The number of nitrogens with one attached hydrogen (secondary N) is 1. The molecule has 0 saturated carbocycles. The Morgan fingerprint density at radius 3 is 1.90 bits per heavy atom. The van der Waals surface area contributed by atoms with Crippen molar-refractivity contribution in [3.8, 4) is 11.1 Å². The molecule has 29 heavy (non-hydrogen) atoms. The molecule has 2 aromatic rings. The highest BCUT2D eigenvalue weighted by atomic mass is 16.3. The molecule has 0 aliphatic heterocycles. The van der Waals surface area contributed by atoms with E-state index in [-0.39, 0.29) is 0 Å². The van der Waals surface area contributed by atoms with E-state index < -0.39 is 30.2 Å². The minimum absolute atomic E-state index is 0.347. The average molecular weight is 397 g/mol. The molecule has 1 atom stereocenters. The molecule has 0 bridgehead atoms. The Kier molecular flexibility index (Phi) is 7.64. The molecule has 2 amide bonds. The third-order valence-corrected chi connectivity index (χ3v) is 4.58. The van der Waals surface area contributed by atoms with E-state index >= 15 is 0 Å². The number of amides is 2. The number of hydrogen-bond acceptors (Lipinski definition) is 5. The van der Waals surface area contributed by atoms with Crippen molar-refractivity contribution in [3.63, 3.8) is 0 Å². The van der Waals surface area contributed by atoms with Gasteiger partial charge in [0.2, 0.25) is 5.91 Å². The first-order valence-corrected chi connectivity index (χ1v) is 9.25. The summed E-state index contributed by atoms with van der Waals surface area (Å²) in [6, 6.07) is 13.8. The number of hydrogen-bond donors (Lipinski definition) is 2. The molecule has 0 fully saturated rings. The molecule has 0 aliphatic carbocycles. The van der Waals surface area contributed by atoms with Crippen LogP contribution in [-0.4, -0.2) is 73.3 Å². The van der Waals surface area contributed by atoms with Crippen LogP contribution in [0.5, 0.6) is 0 Å². The van der Waals surface area contributed by atoms with Gasteiger partial charge in [-0.3, -0.25) is 14.4 Å². The van der Waals surface area contributed by atoms with Crippen LogP contribution in [0.15, 0.2) is 48.5 Å². The van der Waals surface area contributed by atoms with E-state index in [0.29, 0.717) is 5.56 Å². The van der Waals surface area contributed by atoms with E-state index in [4.69, 9.17) is 5.11 Å². The van der Waals surface area contributed by atoms with E-state index in [1.807, 2.05) is 38.4 Å². The van der Waals surface area contributed by atoms with Gasteiger partial charge in [0, 0.05) is 26.2 Å². The minimum atomic E-state index is -1.37. The van der Waals surface area contributed by atoms with E-state index in [0.717, 1.165) is 22.6 Å². The SMILES string of the molecule is CNC(=O)C(C(=O)CO)N(C)C(=O)c1ccc(-c2ccc(CN(C)C)cc2)cc1. The Balaban J connectivity index is 2.19. The van der Waals surface area contributed by atoms with Crippen molar-refractivity contribution < 1.29 is 19.5 Å². The third kappa shape index (κ3) is 5.49. The molecule has 2 aromatic carbocycles. The van der Waals surface area contributed by atoms with Crippen molar-refractivity contribution >= 4 is 17.6 Å². The number of rotatable bonds is 8. The Morgan fingerprint density at radius 1 is 0.931 bits per heavy atom. The maximum Gasteiger partial charge on any atom is 0.254 e. The highest BCUT2D eigenvalue weighted by Gasteiger charge is 2.32. The number of benzene rings is 2. The zero-order valence-electron chi connectivity index (χ0n) is 17.2. The lowest BCUT2D eigenvalue weighted by Crippen LogP contribution is -2.52. The standard InChI is InChI=1S/C22H27N3O4/c1-23-21(28)20(19(27)14-26)25(4)22(29)18-11-9-17(10-12-18)16-7-5-15(6-8-16)13-24(2)3/h5-12,20,26H,13-14H2,1-4H3,(H,23,28). The van der Waals surface area contributed by atoms with Gasteiger partial charge < -0.3 is 20.2 Å². The fourth-order valence-electron chi connectivity index (χ4n) is 3.06. The maximum absolute atomic E-state index is 12.7. The van der Waals surface area contributed by atoms with Crippen LogP contribution in [0.2, 0.25) is 0 Å². The fourth-order valence-corrected chi connectivity index (χ4v) is 3.06. The van der Waals surface area contributed by atoms with Gasteiger partial charge in [0.1, 0.15) is 6.61 Å². The van der Waals surface area contributed by atoms with Crippen molar-refractivity contribution in [3.05, 3.63) is 59.7 Å². The summed E-state index contributed by atoms with van der Waals surface area (Å²) < 4.78 is 0. The van der Waals surface area contributed by atoms with Crippen molar-refractivity contribution in [2.45, 2.75) is 12.6 Å². The number of ketones is 1. The van der Waals surface area contributed by atoms with Gasteiger partial charge in [0.25, 0.3) is 5.91 Å². The minimum Gasteiger partial charge on any atom is -0.388 e. The van der Waals surface area contributed by atoms with Gasteiger partial charge in [0.15, 0.2) is 11.8 Å². The number of likely N-dealkylation sites (N-methyl/N-ethyl adjacent to an activating group) is 2. The van der Waals surface area contributed by atoms with Gasteiger partial charge >= 0.3 is 0 Å². The highest BCUT2D eigenvalue weighted by Crippen LogP contribution is 2.21. The van der Waals surface area contributed by atoms with E-state index in [2.05, 4.69) is 22.3 Å². The Morgan fingerprint density at radius 2 is 1.45 bits per heavy atom. The van der Waals surface area contributed by atoms with E-state index in [1.54, 1.807) is 12.1 Å². The van der Waals surface area contributed by atoms with Crippen LogP contribution in [0.3, 0.4) is 0 Å². The predicted molar refractivity (Wildman–Crippen MR) is 111 cm³/mol. The number of nitrogens with zero attached hydrogens (tertiary/aromatic N) is 2. The van der Waals surface area contributed by atoms with Crippen LogP contribution in [0.4, 0.5) is 0 Å². The molecule has 7 heteroatoms. The zero-order chi connectivity index (χ0) is 21.6. The number of aliphatic hydroxyl groups is 1. The second-order valence-corrected chi connectivity index (χ2v) is 7.07. The van der Waals surface area contributed by atoms with Crippen LogP contribution in [0.25, 0.3) is 11.1 Å². The molecule has 2 N–H and O–H groups in total. The molecule has 0 radical (unpaired) electrons. The van der Waals surface area contributed by atoms with Gasteiger partial charge in [-0.05, 0) is 42.9 Å².